The van der Waals surface area contributed by atoms with Crippen molar-refractivity contribution >= 4 is 11.8 Å². The van der Waals surface area contributed by atoms with Crippen LogP contribution in [0.3, 0.4) is 0 Å². The van der Waals surface area contributed by atoms with Crippen molar-refractivity contribution in [1.82, 2.24) is 10.2 Å². The molecular weight excluding hydrogens is 400 g/mol. The highest BCUT2D eigenvalue weighted by atomic mass is 16.5. The Morgan fingerprint density at radius 2 is 1.47 bits per heavy atom. The molecule has 1 N–H and O–H groups in total. The molecule has 164 valence electrons. The molecule has 0 aliphatic carbocycles. The SMILES string of the molecule is O=C(CCc1ccccc1)NC1CCN(C(=O)c2ccccc2Oc2ccccc2)CC1. The van der Waals surface area contributed by atoms with Crippen molar-refractivity contribution in [2.45, 2.75) is 31.7 Å². The first-order valence-electron chi connectivity index (χ1n) is 11.1. The number of benzene rings is 3. The molecular formula is C27H28N2O3. The van der Waals surface area contributed by atoms with Crippen LogP contribution in [0.4, 0.5) is 0 Å². The first-order chi connectivity index (χ1) is 15.7. The maximum atomic E-state index is 13.2. The van der Waals surface area contributed by atoms with Crippen LogP contribution in [0.1, 0.15) is 35.2 Å². The minimum atomic E-state index is -0.0367. The standard InChI is InChI=1S/C27H28N2O3/c30-26(16-15-21-9-3-1-4-10-21)28-22-17-19-29(20-18-22)27(31)24-13-7-8-14-25(24)32-23-11-5-2-6-12-23/h1-14,22H,15-20H2,(H,28,30). The van der Waals surface area contributed by atoms with E-state index in [0.29, 0.717) is 36.6 Å². The van der Waals surface area contributed by atoms with E-state index in [9.17, 15) is 9.59 Å². The van der Waals surface area contributed by atoms with Gasteiger partial charge in [-0.3, -0.25) is 9.59 Å². The van der Waals surface area contributed by atoms with Crippen LogP contribution >= 0.6 is 0 Å². The Morgan fingerprint density at radius 1 is 0.844 bits per heavy atom. The molecule has 5 nitrogen and oxygen atoms in total. The lowest BCUT2D eigenvalue weighted by molar-refractivity contribution is -0.122. The van der Waals surface area contributed by atoms with E-state index >= 15 is 0 Å². The molecule has 4 rings (SSSR count). The van der Waals surface area contributed by atoms with Crippen molar-refractivity contribution in [1.29, 1.82) is 0 Å². The molecule has 0 bridgehead atoms. The lowest BCUT2D eigenvalue weighted by Gasteiger charge is -2.32. The summed E-state index contributed by atoms with van der Waals surface area (Å²) in [5.74, 6) is 1.29. The minimum absolute atomic E-state index is 0.0367. The topological polar surface area (TPSA) is 58.6 Å². The molecule has 32 heavy (non-hydrogen) atoms. The van der Waals surface area contributed by atoms with Crippen LogP contribution in [0.5, 0.6) is 11.5 Å². The second-order valence-electron chi connectivity index (χ2n) is 8.03. The van der Waals surface area contributed by atoms with Gasteiger partial charge in [0.1, 0.15) is 11.5 Å². The fourth-order valence-corrected chi connectivity index (χ4v) is 3.95. The van der Waals surface area contributed by atoms with Crippen molar-refractivity contribution < 1.29 is 14.3 Å². The van der Waals surface area contributed by atoms with Crippen molar-refractivity contribution in [3.63, 3.8) is 0 Å². The van der Waals surface area contributed by atoms with Crippen LogP contribution in [-0.2, 0) is 11.2 Å². The average Bonchev–Trinajstić information content (AvgIpc) is 2.84. The van der Waals surface area contributed by atoms with E-state index in [1.54, 1.807) is 6.07 Å². The summed E-state index contributed by atoms with van der Waals surface area (Å²) >= 11 is 0. The summed E-state index contributed by atoms with van der Waals surface area (Å²) < 4.78 is 5.95. The zero-order valence-electron chi connectivity index (χ0n) is 18.1. The Bertz CT molecular complexity index is 1030. The molecule has 0 atom stereocenters. The maximum Gasteiger partial charge on any atom is 0.257 e. The van der Waals surface area contributed by atoms with Gasteiger partial charge in [0.25, 0.3) is 5.91 Å². The zero-order valence-corrected chi connectivity index (χ0v) is 18.1. The number of aryl methyl sites for hydroxylation is 1. The Balaban J connectivity index is 1.29. The van der Waals surface area contributed by atoms with Gasteiger partial charge in [0, 0.05) is 25.6 Å². The van der Waals surface area contributed by atoms with Gasteiger partial charge in [-0.25, -0.2) is 0 Å². The number of para-hydroxylation sites is 2. The second-order valence-corrected chi connectivity index (χ2v) is 8.03. The summed E-state index contributed by atoms with van der Waals surface area (Å²) in [7, 11) is 0. The molecule has 3 aromatic carbocycles. The average molecular weight is 429 g/mol. The summed E-state index contributed by atoms with van der Waals surface area (Å²) in [5.41, 5.74) is 1.72. The number of carbonyl (C=O) groups excluding carboxylic acids is 2. The van der Waals surface area contributed by atoms with Gasteiger partial charge >= 0.3 is 0 Å². The Morgan fingerprint density at radius 3 is 2.19 bits per heavy atom. The van der Waals surface area contributed by atoms with Gasteiger partial charge in [-0.05, 0) is 49.1 Å². The molecule has 0 saturated carbocycles. The van der Waals surface area contributed by atoms with Crippen LogP contribution in [0.2, 0.25) is 0 Å². The lowest BCUT2D eigenvalue weighted by Crippen LogP contribution is -2.46. The van der Waals surface area contributed by atoms with Gasteiger partial charge in [0.2, 0.25) is 5.91 Å². The van der Waals surface area contributed by atoms with Crippen molar-refractivity contribution in [2.75, 3.05) is 13.1 Å². The maximum absolute atomic E-state index is 13.2. The third-order valence-corrected chi connectivity index (χ3v) is 5.72. The predicted molar refractivity (Wildman–Crippen MR) is 125 cm³/mol. The number of hydrogen-bond acceptors (Lipinski definition) is 3. The Hall–Kier alpha value is -3.60. The van der Waals surface area contributed by atoms with Gasteiger partial charge in [-0.15, -0.1) is 0 Å². The van der Waals surface area contributed by atoms with Gasteiger partial charge in [0.15, 0.2) is 0 Å². The van der Waals surface area contributed by atoms with E-state index < -0.39 is 0 Å². The Labute approximate surface area is 189 Å². The van der Waals surface area contributed by atoms with E-state index in [1.807, 2.05) is 83.8 Å². The quantitative estimate of drug-likeness (QED) is 0.586. The number of nitrogens with one attached hydrogen (secondary N) is 1. The van der Waals surface area contributed by atoms with Crippen LogP contribution in [0.25, 0.3) is 0 Å². The summed E-state index contributed by atoms with van der Waals surface area (Å²) in [6.45, 7) is 1.23. The molecule has 0 aromatic heterocycles. The number of likely N-dealkylation sites (tertiary alicyclic amines) is 1. The van der Waals surface area contributed by atoms with E-state index in [-0.39, 0.29) is 17.9 Å². The molecule has 5 heteroatoms. The fourth-order valence-electron chi connectivity index (χ4n) is 3.95. The molecule has 1 fully saturated rings. The zero-order chi connectivity index (χ0) is 22.2. The largest absolute Gasteiger partial charge is 0.457 e. The highest BCUT2D eigenvalue weighted by Crippen LogP contribution is 2.27. The highest BCUT2D eigenvalue weighted by Gasteiger charge is 2.26. The van der Waals surface area contributed by atoms with Crippen LogP contribution in [0, 0.1) is 0 Å². The molecule has 2 amide bonds. The van der Waals surface area contributed by atoms with Gasteiger partial charge in [-0.2, -0.15) is 0 Å². The first-order valence-corrected chi connectivity index (χ1v) is 11.1. The predicted octanol–water partition coefficient (Wildman–Crippen LogP) is 4.83. The van der Waals surface area contributed by atoms with E-state index in [0.717, 1.165) is 19.3 Å². The van der Waals surface area contributed by atoms with Gasteiger partial charge < -0.3 is 15.0 Å². The van der Waals surface area contributed by atoms with Crippen LogP contribution in [-0.4, -0.2) is 35.8 Å². The number of ether oxygens (including phenoxy) is 1. The smallest absolute Gasteiger partial charge is 0.257 e. The number of carbonyl (C=O) groups is 2. The molecule has 0 unspecified atom stereocenters. The molecule has 1 aliphatic heterocycles. The van der Waals surface area contributed by atoms with Gasteiger partial charge in [-0.1, -0.05) is 60.7 Å². The van der Waals surface area contributed by atoms with E-state index in [4.69, 9.17) is 4.74 Å². The third kappa shape index (κ3) is 5.76. The second kappa shape index (κ2) is 10.6. The highest BCUT2D eigenvalue weighted by molar-refractivity contribution is 5.97. The summed E-state index contributed by atoms with van der Waals surface area (Å²) in [5, 5.41) is 3.13. The summed E-state index contributed by atoms with van der Waals surface area (Å²) in [6, 6.07) is 26.9. The molecule has 1 saturated heterocycles. The molecule has 0 radical (unpaired) electrons. The van der Waals surface area contributed by atoms with Crippen LogP contribution in [0.15, 0.2) is 84.9 Å². The number of rotatable bonds is 7. The molecule has 0 spiro atoms. The fraction of sp³-hybridized carbons (Fsp3) is 0.259. The van der Waals surface area contributed by atoms with E-state index in [2.05, 4.69) is 5.32 Å². The lowest BCUT2D eigenvalue weighted by atomic mass is 10.0. The molecule has 1 heterocycles. The summed E-state index contributed by atoms with van der Waals surface area (Å²) in [6.07, 6.45) is 2.73. The normalized spacial score (nSPS) is 14.1. The summed E-state index contributed by atoms with van der Waals surface area (Å²) in [4.78, 5) is 27.3. The van der Waals surface area contributed by atoms with Crippen molar-refractivity contribution in [3.8, 4) is 11.5 Å². The van der Waals surface area contributed by atoms with Crippen molar-refractivity contribution in [3.05, 3.63) is 96.1 Å². The monoisotopic (exact) mass is 428 g/mol. The number of hydrogen-bond donors (Lipinski definition) is 1. The molecule has 3 aromatic rings. The van der Waals surface area contributed by atoms with Crippen LogP contribution < -0.4 is 10.1 Å². The van der Waals surface area contributed by atoms with E-state index in [1.165, 1.54) is 5.56 Å². The minimum Gasteiger partial charge on any atom is -0.457 e. The molecule has 1 aliphatic rings. The number of nitrogens with zero attached hydrogens (tertiary/aromatic N) is 1. The van der Waals surface area contributed by atoms with Gasteiger partial charge in [0.05, 0.1) is 5.56 Å². The third-order valence-electron chi connectivity index (χ3n) is 5.72. The van der Waals surface area contributed by atoms with Crippen molar-refractivity contribution in [2.24, 2.45) is 0 Å². The Kier molecular flexibility index (Phi) is 7.18. The number of piperidine rings is 1. The first kappa shape index (κ1) is 21.6. The number of amides is 2.